The lowest BCUT2D eigenvalue weighted by Gasteiger charge is -2.33. The molecular formula is C36H37N3O5. The summed E-state index contributed by atoms with van der Waals surface area (Å²) in [6.07, 6.45) is 1.18. The second-order valence-corrected chi connectivity index (χ2v) is 11.9. The van der Waals surface area contributed by atoms with Crippen molar-refractivity contribution in [3.8, 4) is 28.7 Å². The Labute approximate surface area is 258 Å². The standard InChI is InChI=1S/C36H37N3O5/c1-36(2,3)44-35(41)39-18-16-30(17-19-39)43-29-14-12-27(13-15-29)31-6-5-7-32(33(31)42-4)34(40)38-23-25-9-11-26-10-8-24(22-37)20-28(26)21-25/h5-15,20-21,30H,16-19,23H2,1-4H3,(H,38,40). The molecule has 0 aliphatic carbocycles. The van der Waals surface area contributed by atoms with Gasteiger partial charge in [0.1, 0.15) is 23.2 Å². The van der Waals surface area contributed by atoms with Crippen molar-refractivity contribution in [3.63, 3.8) is 0 Å². The number of carbonyl (C=O) groups excluding carboxylic acids is 2. The summed E-state index contributed by atoms with van der Waals surface area (Å²) < 4.78 is 17.4. The summed E-state index contributed by atoms with van der Waals surface area (Å²) in [6.45, 7) is 7.12. The van der Waals surface area contributed by atoms with Gasteiger partial charge in [0.15, 0.2) is 0 Å². The minimum absolute atomic E-state index is 0.0112. The Kier molecular flexibility index (Phi) is 9.05. The van der Waals surface area contributed by atoms with Crippen LogP contribution < -0.4 is 14.8 Å². The highest BCUT2D eigenvalue weighted by Crippen LogP contribution is 2.34. The molecule has 0 spiro atoms. The number of fused-ring (bicyclic) bond motifs is 1. The Bertz CT molecular complexity index is 1690. The first-order valence-electron chi connectivity index (χ1n) is 14.8. The van der Waals surface area contributed by atoms with Crippen LogP contribution in [0.3, 0.4) is 0 Å². The van der Waals surface area contributed by atoms with Gasteiger partial charge in [-0.2, -0.15) is 5.26 Å². The Morgan fingerprint density at radius 2 is 1.68 bits per heavy atom. The van der Waals surface area contributed by atoms with E-state index < -0.39 is 5.60 Å². The largest absolute Gasteiger partial charge is 0.495 e. The quantitative estimate of drug-likeness (QED) is 0.246. The van der Waals surface area contributed by atoms with E-state index in [1.54, 1.807) is 24.1 Å². The van der Waals surface area contributed by atoms with Gasteiger partial charge in [0.25, 0.3) is 5.91 Å². The second-order valence-electron chi connectivity index (χ2n) is 11.9. The smallest absolute Gasteiger partial charge is 0.410 e. The Balaban J connectivity index is 1.22. The molecule has 0 radical (unpaired) electrons. The maximum atomic E-state index is 13.3. The molecule has 0 unspecified atom stereocenters. The van der Waals surface area contributed by atoms with Crippen LogP contribution in [0.1, 0.15) is 55.1 Å². The van der Waals surface area contributed by atoms with E-state index in [-0.39, 0.29) is 18.1 Å². The molecular weight excluding hydrogens is 554 g/mol. The van der Waals surface area contributed by atoms with Crippen molar-refractivity contribution in [1.82, 2.24) is 10.2 Å². The van der Waals surface area contributed by atoms with E-state index in [0.717, 1.165) is 46.1 Å². The number of amides is 2. The number of nitrogens with one attached hydrogen (secondary N) is 1. The highest BCUT2D eigenvalue weighted by molar-refractivity contribution is 5.99. The molecule has 1 aliphatic rings. The number of benzene rings is 4. The van der Waals surface area contributed by atoms with Crippen molar-refractivity contribution >= 4 is 22.8 Å². The molecule has 8 heteroatoms. The van der Waals surface area contributed by atoms with Crippen molar-refractivity contribution in [2.24, 2.45) is 0 Å². The third-order valence-corrected chi connectivity index (χ3v) is 7.51. The number of likely N-dealkylation sites (tertiary alicyclic amines) is 1. The van der Waals surface area contributed by atoms with E-state index >= 15 is 0 Å². The molecule has 1 saturated heterocycles. The predicted molar refractivity (Wildman–Crippen MR) is 170 cm³/mol. The van der Waals surface area contributed by atoms with Crippen LogP contribution in [0.5, 0.6) is 11.5 Å². The Hall–Kier alpha value is -5.03. The molecule has 0 atom stereocenters. The maximum Gasteiger partial charge on any atom is 0.410 e. The van der Waals surface area contributed by atoms with Crippen LogP contribution in [-0.4, -0.2) is 48.8 Å². The van der Waals surface area contributed by atoms with E-state index in [2.05, 4.69) is 11.4 Å². The van der Waals surface area contributed by atoms with Crippen LogP contribution in [0, 0.1) is 11.3 Å². The molecule has 8 nitrogen and oxygen atoms in total. The number of nitrogens with zero attached hydrogens (tertiary/aromatic N) is 2. The molecule has 1 N–H and O–H groups in total. The van der Waals surface area contributed by atoms with Gasteiger partial charge in [0.05, 0.1) is 24.3 Å². The number of hydrogen-bond acceptors (Lipinski definition) is 6. The lowest BCUT2D eigenvalue weighted by atomic mass is 10.0. The van der Waals surface area contributed by atoms with E-state index in [0.29, 0.717) is 36.5 Å². The average molecular weight is 592 g/mol. The SMILES string of the molecule is COc1c(C(=O)NCc2ccc3ccc(C#N)cc3c2)cccc1-c1ccc(OC2CCN(C(=O)OC(C)(C)C)CC2)cc1. The van der Waals surface area contributed by atoms with Crippen LogP contribution >= 0.6 is 0 Å². The van der Waals surface area contributed by atoms with Crippen molar-refractivity contribution in [2.45, 2.75) is 51.9 Å². The monoisotopic (exact) mass is 591 g/mol. The van der Waals surface area contributed by atoms with Crippen LogP contribution in [0.2, 0.25) is 0 Å². The minimum atomic E-state index is -0.513. The van der Waals surface area contributed by atoms with Gasteiger partial charge in [-0.3, -0.25) is 4.79 Å². The van der Waals surface area contributed by atoms with Gasteiger partial charge in [-0.1, -0.05) is 42.5 Å². The molecule has 4 aromatic rings. The van der Waals surface area contributed by atoms with Gasteiger partial charge >= 0.3 is 6.09 Å². The summed E-state index contributed by atoms with van der Waals surface area (Å²) in [5.74, 6) is 0.993. The van der Waals surface area contributed by atoms with Crippen LogP contribution in [-0.2, 0) is 11.3 Å². The molecule has 226 valence electrons. The highest BCUT2D eigenvalue weighted by atomic mass is 16.6. The summed E-state index contributed by atoms with van der Waals surface area (Å²) >= 11 is 0. The minimum Gasteiger partial charge on any atom is -0.495 e. The van der Waals surface area contributed by atoms with Gasteiger partial charge in [-0.05, 0) is 79.1 Å². The number of hydrogen-bond donors (Lipinski definition) is 1. The van der Waals surface area contributed by atoms with Crippen LogP contribution in [0.15, 0.2) is 78.9 Å². The normalized spacial score (nSPS) is 13.7. The lowest BCUT2D eigenvalue weighted by Crippen LogP contribution is -2.44. The molecule has 1 fully saturated rings. The zero-order valence-corrected chi connectivity index (χ0v) is 25.6. The molecule has 1 heterocycles. The number of ether oxygens (including phenoxy) is 3. The average Bonchev–Trinajstić information content (AvgIpc) is 3.02. The summed E-state index contributed by atoms with van der Waals surface area (Å²) in [6, 6.07) is 26.9. The molecule has 4 aromatic carbocycles. The third kappa shape index (κ3) is 7.30. The van der Waals surface area contributed by atoms with E-state index in [1.807, 2.05) is 87.5 Å². The molecule has 0 aromatic heterocycles. The number of nitriles is 1. The number of methoxy groups -OCH3 is 1. The van der Waals surface area contributed by atoms with Crippen molar-refractivity contribution in [2.75, 3.05) is 20.2 Å². The molecule has 44 heavy (non-hydrogen) atoms. The zero-order chi connectivity index (χ0) is 31.3. The predicted octanol–water partition coefficient (Wildman–Crippen LogP) is 7.10. The molecule has 0 saturated carbocycles. The fourth-order valence-corrected chi connectivity index (χ4v) is 5.30. The van der Waals surface area contributed by atoms with E-state index in [4.69, 9.17) is 14.2 Å². The Morgan fingerprint density at radius 3 is 2.36 bits per heavy atom. The number of rotatable bonds is 7. The van der Waals surface area contributed by atoms with Crippen molar-refractivity contribution in [1.29, 1.82) is 5.26 Å². The van der Waals surface area contributed by atoms with Gasteiger partial charge < -0.3 is 24.4 Å². The Morgan fingerprint density at radius 1 is 0.955 bits per heavy atom. The van der Waals surface area contributed by atoms with Gasteiger partial charge in [0, 0.05) is 38.0 Å². The van der Waals surface area contributed by atoms with Crippen LogP contribution in [0.25, 0.3) is 21.9 Å². The van der Waals surface area contributed by atoms with Gasteiger partial charge in [0.2, 0.25) is 0 Å². The zero-order valence-electron chi connectivity index (χ0n) is 25.6. The van der Waals surface area contributed by atoms with Gasteiger partial charge in [-0.15, -0.1) is 0 Å². The van der Waals surface area contributed by atoms with Crippen molar-refractivity contribution in [3.05, 3.63) is 95.6 Å². The number of carbonyl (C=O) groups is 2. The third-order valence-electron chi connectivity index (χ3n) is 7.51. The summed E-state index contributed by atoms with van der Waals surface area (Å²) in [4.78, 5) is 27.4. The number of para-hydroxylation sites is 1. The summed E-state index contributed by atoms with van der Waals surface area (Å²) in [5.41, 5.74) is 3.15. The summed E-state index contributed by atoms with van der Waals surface area (Å²) in [7, 11) is 1.56. The molecule has 2 amide bonds. The van der Waals surface area contributed by atoms with Gasteiger partial charge in [-0.25, -0.2) is 4.79 Å². The lowest BCUT2D eigenvalue weighted by molar-refractivity contribution is 0.0126. The topological polar surface area (TPSA) is 101 Å². The molecule has 0 bridgehead atoms. The number of piperidine rings is 1. The highest BCUT2D eigenvalue weighted by Gasteiger charge is 2.27. The van der Waals surface area contributed by atoms with E-state index in [9.17, 15) is 14.9 Å². The second kappa shape index (κ2) is 13.1. The first-order valence-corrected chi connectivity index (χ1v) is 14.8. The fourth-order valence-electron chi connectivity index (χ4n) is 5.30. The fraction of sp³-hybridized carbons (Fsp3) is 0.306. The first-order chi connectivity index (χ1) is 21.1. The summed E-state index contributed by atoms with van der Waals surface area (Å²) in [5, 5.41) is 14.2. The first kappa shape index (κ1) is 30.4. The molecule has 1 aliphatic heterocycles. The van der Waals surface area contributed by atoms with Crippen LogP contribution in [0.4, 0.5) is 4.79 Å². The van der Waals surface area contributed by atoms with Crippen molar-refractivity contribution < 1.29 is 23.8 Å². The molecule has 5 rings (SSSR count). The van der Waals surface area contributed by atoms with E-state index in [1.165, 1.54) is 0 Å². The maximum absolute atomic E-state index is 13.3.